The van der Waals surface area contributed by atoms with Crippen LogP contribution in [0.2, 0.25) is 0 Å². The SMILES string of the molecule is CCCNS(=O)(=O)NC(=O)OC(C)C. The van der Waals surface area contributed by atoms with Crippen LogP contribution in [0, 0.1) is 0 Å². The van der Waals surface area contributed by atoms with Gasteiger partial charge in [0.05, 0.1) is 6.10 Å². The average molecular weight is 224 g/mol. The number of ether oxygens (including phenoxy) is 1. The predicted octanol–water partition coefficient (Wildman–Crippen LogP) is 0.365. The van der Waals surface area contributed by atoms with Crippen LogP contribution in [0.5, 0.6) is 0 Å². The van der Waals surface area contributed by atoms with Gasteiger partial charge in [-0.1, -0.05) is 6.92 Å². The molecule has 0 saturated heterocycles. The average Bonchev–Trinajstić information content (AvgIpc) is 1.98. The summed E-state index contributed by atoms with van der Waals surface area (Å²) in [6.45, 7) is 5.36. The zero-order chi connectivity index (χ0) is 11.2. The van der Waals surface area contributed by atoms with E-state index in [9.17, 15) is 13.2 Å². The van der Waals surface area contributed by atoms with Crippen molar-refractivity contribution in [1.29, 1.82) is 0 Å². The van der Waals surface area contributed by atoms with Gasteiger partial charge < -0.3 is 4.74 Å². The van der Waals surface area contributed by atoms with E-state index in [1.54, 1.807) is 18.6 Å². The second-order valence-electron chi connectivity index (χ2n) is 2.95. The number of carbonyl (C=O) groups is 1. The number of rotatable bonds is 5. The molecule has 0 radical (unpaired) electrons. The van der Waals surface area contributed by atoms with Gasteiger partial charge in [0.25, 0.3) is 0 Å². The summed E-state index contributed by atoms with van der Waals surface area (Å²) in [5.74, 6) is 0. The van der Waals surface area contributed by atoms with Crippen molar-refractivity contribution in [2.75, 3.05) is 6.54 Å². The van der Waals surface area contributed by atoms with Gasteiger partial charge in [-0.15, -0.1) is 0 Å². The third kappa shape index (κ3) is 6.67. The Labute approximate surface area is 84.2 Å². The maximum absolute atomic E-state index is 11.1. The highest BCUT2D eigenvalue weighted by molar-refractivity contribution is 7.88. The Hall–Kier alpha value is -0.820. The molecule has 0 aliphatic carbocycles. The van der Waals surface area contributed by atoms with Crippen LogP contribution in [0.15, 0.2) is 0 Å². The Bertz CT molecular complexity index is 273. The zero-order valence-corrected chi connectivity index (χ0v) is 9.35. The van der Waals surface area contributed by atoms with E-state index in [0.29, 0.717) is 6.42 Å². The van der Waals surface area contributed by atoms with E-state index in [-0.39, 0.29) is 12.6 Å². The Morgan fingerprint density at radius 3 is 2.43 bits per heavy atom. The van der Waals surface area contributed by atoms with E-state index in [0.717, 1.165) is 0 Å². The molecule has 0 atom stereocenters. The predicted molar refractivity (Wildman–Crippen MR) is 52.0 cm³/mol. The summed E-state index contributed by atoms with van der Waals surface area (Å²) < 4.78 is 30.6. The minimum Gasteiger partial charge on any atom is -0.446 e. The van der Waals surface area contributed by atoms with Crippen molar-refractivity contribution < 1.29 is 17.9 Å². The Morgan fingerprint density at radius 1 is 1.43 bits per heavy atom. The fraction of sp³-hybridized carbons (Fsp3) is 0.857. The van der Waals surface area contributed by atoms with Crippen molar-refractivity contribution in [3.63, 3.8) is 0 Å². The zero-order valence-electron chi connectivity index (χ0n) is 8.53. The number of hydrogen-bond acceptors (Lipinski definition) is 4. The molecule has 0 heterocycles. The van der Waals surface area contributed by atoms with Gasteiger partial charge in [0.1, 0.15) is 0 Å². The van der Waals surface area contributed by atoms with Gasteiger partial charge in [0.2, 0.25) is 0 Å². The van der Waals surface area contributed by atoms with E-state index in [2.05, 4.69) is 9.46 Å². The van der Waals surface area contributed by atoms with Crippen molar-refractivity contribution in [3.8, 4) is 0 Å². The molecule has 0 unspecified atom stereocenters. The van der Waals surface area contributed by atoms with Crippen molar-refractivity contribution in [3.05, 3.63) is 0 Å². The van der Waals surface area contributed by atoms with Crippen LogP contribution < -0.4 is 9.44 Å². The molecule has 0 spiro atoms. The molecule has 0 aromatic heterocycles. The quantitative estimate of drug-likeness (QED) is 0.706. The van der Waals surface area contributed by atoms with Gasteiger partial charge >= 0.3 is 16.3 Å². The number of amides is 1. The molecule has 6 nitrogen and oxygen atoms in total. The Morgan fingerprint density at radius 2 is 2.00 bits per heavy atom. The first-order valence-corrected chi connectivity index (χ1v) is 5.83. The fourth-order valence-electron chi connectivity index (χ4n) is 0.620. The molecule has 1 amide bonds. The van der Waals surface area contributed by atoms with E-state index >= 15 is 0 Å². The van der Waals surface area contributed by atoms with Crippen LogP contribution in [0.4, 0.5) is 4.79 Å². The van der Waals surface area contributed by atoms with E-state index in [1.807, 2.05) is 6.92 Å². The lowest BCUT2D eigenvalue weighted by molar-refractivity contribution is 0.121. The molecule has 0 aromatic rings. The monoisotopic (exact) mass is 224 g/mol. The molecule has 0 fully saturated rings. The second-order valence-corrected chi connectivity index (χ2v) is 4.45. The summed E-state index contributed by atoms with van der Waals surface area (Å²) in [7, 11) is -3.76. The summed E-state index contributed by atoms with van der Waals surface area (Å²) in [5, 5.41) is 0. The summed E-state index contributed by atoms with van der Waals surface area (Å²) in [5.41, 5.74) is 0. The fourth-order valence-corrected chi connectivity index (χ4v) is 1.43. The molecule has 0 saturated carbocycles. The van der Waals surface area contributed by atoms with Crippen LogP contribution in [-0.2, 0) is 14.9 Å². The van der Waals surface area contributed by atoms with Crippen LogP contribution in [0.3, 0.4) is 0 Å². The third-order valence-electron chi connectivity index (χ3n) is 1.10. The van der Waals surface area contributed by atoms with Crippen molar-refractivity contribution in [2.45, 2.75) is 33.3 Å². The maximum Gasteiger partial charge on any atom is 0.422 e. The minimum atomic E-state index is -3.76. The molecule has 0 bridgehead atoms. The lowest BCUT2D eigenvalue weighted by atomic mass is 10.5. The highest BCUT2D eigenvalue weighted by Crippen LogP contribution is 1.89. The molecule has 84 valence electrons. The maximum atomic E-state index is 11.1. The summed E-state index contributed by atoms with van der Waals surface area (Å²) in [6.07, 6.45) is -0.667. The standard InChI is InChI=1S/C7H16N2O4S/c1-4-5-8-14(11,12)9-7(10)13-6(2)3/h6,8H,4-5H2,1-3H3,(H,9,10). The Balaban J connectivity index is 4.03. The highest BCUT2D eigenvalue weighted by Gasteiger charge is 2.14. The van der Waals surface area contributed by atoms with Gasteiger partial charge in [0.15, 0.2) is 0 Å². The van der Waals surface area contributed by atoms with Crippen LogP contribution in [-0.4, -0.2) is 27.2 Å². The third-order valence-corrected chi connectivity index (χ3v) is 2.12. The number of nitrogens with one attached hydrogen (secondary N) is 2. The largest absolute Gasteiger partial charge is 0.446 e. The second kappa shape index (κ2) is 5.82. The van der Waals surface area contributed by atoms with Crippen molar-refractivity contribution >= 4 is 16.3 Å². The van der Waals surface area contributed by atoms with Gasteiger partial charge in [-0.25, -0.2) is 9.52 Å². The molecule has 0 aliphatic rings. The van der Waals surface area contributed by atoms with Crippen LogP contribution >= 0.6 is 0 Å². The van der Waals surface area contributed by atoms with Gasteiger partial charge in [-0.3, -0.25) is 0 Å². The number of carbonyl (C=O) groups excluding carboxylic acids is 1. The lowest BCUT2D eigenvalue weighted by Gasteiger charge is -2.10. The topological polar surface area (TPSA) is 84.5 Å². The minimum absolute atomic E-state index is 0.282. The molecule has 0 rings (SSSR count). The summed E-state index contributed by atoms with van der Waals surface area (Å²) in [6, 6.07) is 0. The molecule has 0 aromatic carbocycles. The lowest BCUT2D eigenvalue weighted by Crippen LogP contribution is -2.41. The first-order chi connectivity index (χ1) is 6.37. The van der Waals surface area contributed by atoms with E-state index in [1.165, 1.54) is 0 Å². The first kappa shape index (κ1) is 13.2. The molecular formula is C7H16N2O4S. The van der Waals surface area contributed by atoms with Crippen LogP contribution in [0.25, 0.3) is 0 Å². The molecular weight excluding hydrogens is 208 g/mol. The summed E-state index contributed by atoms with van der Waals surface area (Å²) >= 11 is 0. The molecule has 0 aliphatic heterocycles. The first-order valence-electron chi connectivity index (χ1n) is 4.35. The van der Waals surface area contributed by atoms with Crippen LogP contribution in [0.1, 0.15) is 27.2 Å². The number of hydrogen-bond donors (Lipinski definition) is 2. The normalized spacial score (nSPS) is 11.4. The molecule has 7 heteroatoms. The van der Waals surface area contributed by atoms with Crippen molar-refractivity contribution in [2.24, 2.45) is 0 Å². The van der Waals surface area contributed by atoms with E-state index < -0.39 is 16.3 Å². The van der Waals surface area contributed by atoms with Gasteiger partial charge in [-0.2, -0.15) is 13.1 Å². The van der Waals surface area contributed by atoms with E-state index in [4.69, 9.17) is 0 Å². The highest BCUT2D eigenvalue weighted by atomic mass is 32.2. The van der Waals surface area contributed by atoms with Gasteiger partial charge in [-0.05, 0) is 20.3 Å². The van der Waals surface area contributed by atoms with Crippen molar-refractivity contribution in [1.82, 2.24) is 9.44 Å². The summed E-state index contributed by atoms with van der Waals surface area (Å²) in [4.78, 5) is 10.9. The van der Waals surface area contributed by atoms with Gasteiger partial charge in [0, 0.05) is 6.54 Å². The Kier molecular flexibility index (Phi) is 5.47. The smallest absolute Gasteiger partial charge is 0.422 e. The molecule has 2 N–H and O–H groups in total. The molecule has 14 heavy (non-hydrogen) atoms.